The molecule has 0 aromatic rings. The Bertz CT molecular complexity index is 1200. The van der Waals surface area contributed by atoms with Gasteiger partial charge >= 0.3 is 17.9 Å². The van der Waals surface area contributed by atoms with Gasteiger partial charge in [0.25, 0.3) is 0 Å². The Labute approximate surface area is 501 Å². The van der Waals surface area contributed by atoms with Crippen molar-refractivity contribution in [1.29, 1.82) is 0 Å². The van der Waals surface area contributed by atoms with Crippen LogP contribution in [0.25, 0.3) is 0 Å². The minimum Gasteiger partial charge on any atom is -0.462 e. The largest absolute Gasteiger partial charge is 0.462 e. The van der Waals surface area contributed by atoms with Gasteiger partial charge < -0.3 is 14.2 Å². The molecule has 0 aromatic carbocycles. The van der Waals surface area contributed by atoms with Gasteiger partial charge in [0.2, 0.25) is 0 Å². The highest BCUT2D eigenvalue weighted by Gasteiger charge is 2.20. The number of hydrogen-bond acceptors (Lipinski definition) is 6. The molecule has 0 saturated heterocycles. The molecule has 0 N–H and O–H groups in total. The van der Waals surface area contributed by atoms with E-state index >= 15 is 0 Å². The summed E-state index contributed by atoms with van der Waals surface area (Å²) in [4.78, 5) is 38.5. The Morgan fingerprint density at radius 1 is 0.200 bits per heavy atom. The maximum atomic E-state index is 13.0. The molecule has 0 aliphatic rings. The van der Waals surface area contributed by atoms with Crippen molar-refractivity contribution in [2.24, 2.45) is 0 Å². The Balaban J connectivity index is 4.19. The van der Waals surface area contributed by atoms with Crippen LogP contribution in [0, 0.1) is 0 Å². The first-order valence-corrected chi connectivity index (χ1v) is 37.0. The molecule has 6 nitrogen and oxygen atoms in total. The number of rotatable bonds is 70. The number of ether oxygens (including phenoxy) is 3. The maximum absolute atomic E-state index is 13.0. The molecule has 1 unspecified atom stereocenters. The van der Waals surface area contributed by atoms with Crippen LogP contribution in [0.2, 0.25) is 0 Å². The van der Waals surface area contributed by atoms with Crippen molar-refractivity contribution < 1.29 is 28.6 Å². The zero-order valence-electron chi connectivity index (χ0n) is 54.9. The van der Waals surface area contributed by atoms with Crippen LogP contribution in [0.15, 0.2) is 0 Å². The lowest BCUT2D eigenvalue weighted by atomic mass is 10.0. The first kappa shape index (κ1) is 78.4. The summed E-state index contributed by atoms with van der Waals surface area (Å²) in [6.07, 6.45) is 82.9. The van der Waals surface area contributed by atoms with Gasteiger partial charge in [-0.2, -0.15) is 0 Å². The van der Waals surface area contributed by atoms with Crippen molar-refractivity contribution in [3.63, 3.8) is 0 Å². The average molecular weight is 1130 g/mol. The third-order valence-corrected chi connectivity index (χ3v) is 17.4. The molecule has 0 aliphatic heterocycles. The van der Waals surface area contributed by atoms with Gasteiger partial charge in [0.05, 0.1) is 0 Å². The molecule has 0 fully saturated rings. The smallest absolute Gasteiger partial charge is 0.306 e. The number of carbonyl (C=O) groups is 3. The summed E-state index contributed by atoms with van der Waals surface area (Å²) in [6, 6.07) is 0. The number of esters is 3. The minimum absolute atomic E-state index is 0.0599. The molecule has 0 saturated carbocycles. The molecule has 0 aliphatic carbocycles. The molecular formula is C74H144O6. The Hall–Kier alpha value is -1.59. The number of unbranched alkanes of at least 4 members (excludes halogenated alkanes) is 59. The molecule has 0 heterocycles. The molecule has 0 rings (SSSR count). The average Bonchev–Trinajstić information content (AvgIpc) is 3.46. The third-order valence-electron chi connectivity index (χ3n) is 17.4. The number of hydrogen-bond donors (Lipinski definition) is 0. The van der Waals surface area contributed by atoms with Crippen LogP contribution in [0.4, 0.5) is 0 Å². The monoisotopic (exact) mass is 1130 g/mol. The topological polar surface area (TPSA) is 78.9 Å². The van der Waals surface area contributed by atoms with E-state index in [0.717, 1.165) is 57.8 Å². The van der Waals surface area contributed by atoms with Crippen molar-refractivity contribution in [1.82, 2.24) is 0 Å². The molecular weight excluding hydrogens is 985 g/mol. The van der Waals surface area contributed by atoms with Gasteiger partial charge in [-0.05, 0) is 19.3 Å². The van der Waals surface area contributed by atoms with Gasteiger partial charge in [0, 0.05) is 19.3 Å². The van der Waals surface area contributed by atoms with Crippen molar-refractivity contribution in [3.05, 3.63) is 0 Å². The second-order valence-corrected chi connectivity index (χ2v) is 25.6. The van der Waals surface area contributed by atoms with Crippen molar-refractivity contribution in [2.45, 2.75) is 444 Å². The van der Waals surface area contributed by atoms with E-state index in [1.807, 2.05) is 0 Å². The van der Waals surface area contributed by atoms with Crippen molar-refractivity contribution >= 4 is 17.9 Å². The van der Waals surface area contributed by atoms with E-state index in [1.165, 1.54) is 340 Å². The fourth-order valence-corrected chi connectivity index (χ4v) is 11.8. The van der Waals surface area contributed by atoms with E-state index in [2.05, 4.69) is 20.8 Å². The Morgan fingerprint density at radius 3 is 0.500 bits per heavy atom. The Kier molecular flexibility index (Phi) is 68.5. The van der Waals surface area contributed by atoms with Crippen LogP contribution in [0.5, 0.6) is 0 Å². The van der Waals surface area contributed by atoms with E-state index in [-0.39, 0.29) is 31.1 Å². The molecule has 0 bridgehead atoms. The molecule has 476 valence electrons. The predicted octanol–water partition coefficient (Wildman–Crippen LogP) is 25.4. The highest BCUT2D eigenvalue weighted by Crippen LogP contribution is 2.20. The van der Waals surface area contributed by atoms with Gasteiger partial charge in [-0.1, -0.05) is 400 Å². The highest BCUT2D eigenvalue weighted by atomic mass is 16.6. The SMILES string of the molecule is CCCCCCCCCCCCCCCCCCCCCCCCCCCCCC(=O)OCC(COC(=O)CCCCCCCCCCCCCCCCCC)OC(=O)CCCCCCCCCCCCCCCCCCCCC. The van der Waals surface area contributed by atoms with E-state index < -0.39 is 6.10 Å². The third kappa shape index (κ3) is 67.2. The van der Waals surface area contributed by atoms with Crippen LogP contribution >= 0.6 is 0 Å². The van der Waals surface area contributed by atoms with Gasteiger partial charge in [0.15, 0.2) is 6.10 Å². The molecule has 0 radical (unpaired) electrons. The van der Waals surface area contributed by atoms with Gasteiger partial charge in [-0.15, -0.1) is 0 Å². The lowest BCUT2D eigenvalue weighted by Crippen LogP contribution is -2.30. The second kappa shape index (κ2) is 69.9. The molecule has 80 heavy (non-hydrogen) atoms. The summed E-state index contributed by atoms with van der Waals surface area (Å²) >= 11 is 0. The number of carbonyl (C=O) groups excluding carboxylic acids is 3. The summed E-state index contributed by atoms with van der Waals surface area (Å²) in [6.45, 7) is 6.75. The summed E-state index contributed by atoms with van der Waals surface area (Å²) in [7, 11) is 0. The lowest BCUT2D eigenvalue weighted by molar-refractivity contribution is -0.167. The molecule has 0 amide bonds. The standard InChI is InChI=1S/C74H144O6/c1-4-7-10-13-16-19-22-25-28-31-33-34-35-36-37-38-39-40-42-43-46-49-52-55-58-61-64-67-73(76)79-70-71(69-78-72(75)66-63-60-57-54-51-48-45-30-27-24-21-18-15-12-9-6-3)80-74(77)68-65-62-59-56-53-50-47-44-41-32-29-26-23-20-17-14-11-8-5-2/h71H,4-70H2,1-3H3. The van der Waals surface area contributed by atoms with E-state index in [9.17, 15) is 14.4 Å². The fourth-order valence-electron chi connectivity index (χ4n) is 11.8. The molecule has 1 atom stereocenters. The van der Waals surface area contributed by atoms with Crippen molar-refractivity contribution in [3.8, 4) is 0 Å². The normalized spacial score (nSPS) is 11.9. The highest BCUT2D eigenvalue weighted by molar-refractivity contribution is 5.71. The summed E-state index contributed by atoms with van der Waals surface area (Å²) in [5.74, 6) is -0.816. The van der Waals surface area contributed by atoms with E-state index in [0.29, 0.717) is 19.3 Å². The van der Waals surface area contributed by atoms with Gasteiger partial charge in [-0.25, -0.2) is 0 Å². The lowest BCUT2D eigenvalue weighted by Gasteiger charge is -2.18. The van der Waals surface area contributed by atoms with Crippen LogP contribution < -0.4 is 0 Å². The molecule has 0 aromatic heterocycles. The zero-order chi connectivity index (χ0) is 57.8. The first-order valence-electron chi connectivity index (χ1n) is 37.0. The van der Waals surface area contributed by atoms with Crippen LogP contribution in [-0.2, 0) is 28.6 Å². The van der Waals surface area contributed by atoms with E-state index in [4.69, 9.17) is 14.2 Å². The van der Waals surface area contributed by atoms with Crippen LogP contribution in [0.3, 0.4) is 0 Å². The van der Waals surface area contributed by atoms with Crippen LogP contribution in [0.1, 0.15) is 438 Å². The minimum atomic E-state index is -0.764. The second-order valence-electron chi connectivity index (χ2n) is 25.6. The summed E-state index contributed by atoms with van der Waals surface area (Å²) in [5.41, 5.74) is 0. The van der Waals surface area contributed by atoms with Crippen molar-refractivity contribution in [2.75, 3.05) is 13.2 Å². The van der Waals surface area contributed by atoms with E-state index in [1.54, 1.807) is 0 Å². The zero-order valence-corrected chi connectivity index (χ0v) is 54.9. The fraction of sp³-hybridized carbons (Fsp3) is 0.959. The van der Waals surface area contributed by atoms with Crippen LogP contribution in [-0.4, -0.2) is 37.2 Å². The summed E-state index contributed by atoms with van der Waals surface area (Å²) in [5, 5.41) is 0. The Morgan fingerprint density at radius 2 is 0.338 bits per heavy atom. The summed E-state index contributed by atoms with van der Waals surface area (Å²) < 4.78 is 17.0. The predicted molar refractivity (Wildman–Crippen MR) is 349 cm³/mol. The quantitative estimate of drug-likeness (QED) is 0.0343. The molecule has 0 spiro atoms. The molecule has 6 heteroatoms. The van der Waals surface area contributed by atoms with Gasteiger partial charge in [-0.3, -0.25) is 14.4 Å². The maximum Gasteiger partial charge on any atom is 0.306 e. The first-order chi connectivity index (χ1) is 39.5. The van der Waals surface area contributed by atoms with Gasteiger partial charge in [0.1, 0.15) is 13.2 Å².